The quantitative estimate of drug-likeness (QED) is 0.649. The van der Waals surface area contributed by atoms with E-state index >= 15 is 0 Å². The summed E-state index contributed by atoms with van der Waals surface area (Å²) < 4.78 is 27.7. The Morgan fingerprint density at radius 2 is 1.94 bits per heavy atom. The van der Waals surface area contributed by atoms with Crippen LogP contribution < -0.4 is 5.32 Å². The zero-order valence-corrected chi connectivity index (χ0v) is 20.4. The maximum Gasteiger partial charge on any atom is 0.252 e. The topological polar surface area (TPSA) is 69.7 Å². The van der Waals surface area contributed by atoms with Gasteiger partial charge in [-0.3, -0.25) is 9.69 Å². The van der Waals surface area contributed by atoms with Crippen LogP contribution in [0.4, 0.5) is 0 Å². The summed E-state index contributed by atoms with van der Waals surface area (Å²) in [4.78, 5) is 16.1. The van der Waals surface area contributed by atoms with Gasteiger partial charge in [-0.15, -0.1) is 11.3 Å². The first-order valence-electron chi connectivity index (χ1n) is 10.8. The zero-order chi connectivity index (χ0) is 22.6. The summed E-state index contributed by atoms with van der Waals surface area (Å²) in [5.41, 5.74) is 2.29. The van der Waals surface area contributed by atoms with Crippen LogP contribution >= 0.6 is 11.3 Å². The number of rotatable bonds is 8. The summed E-state index contributed by atoms with van der Waals surface area (Å²) in [6, 6.07) is 12.1. The predicted octanol–water partition coefficient (Wildman–Crippen LogP) is 3.61. The van der Waals surface area contributed by atoms with Gasteiger partial charge in [-0.05, 0) is 63.9 Å². The van der Waals surface area contributed by atoms with Crippen LogP contribution in [0.15, 0.2) is 40.6 Å². The van der Waals surface area contributed by atoms with Crippen molar-refractivity contribution < 1.29 is 13.2 Å². The van der Waals surface area contributed by atoms with Gasteiger partial charge in [0, 0.05) is 37.1 Å². The Balaban J connectivity index is 1.63. The van der Waals surface area contributed by atoms with E-state index < -0.39 is 10.0 Å². The summed E-state index contributed by atoms with van der Waals surface area (Å²) in [6.07, 6.45) is 1.40. The largest absolute Gasteiger partial charge is 0.352 e. The lowest BCUT2D eigenvalue weighted by atomic mass is 9.98. The molecule has 31 heavy (non-hydrogen) atoms. The Kier molecular flexibility index (Phi) is 7.91. The number of sulfonamides is 1. The van der Waals surface area contributed by atoms with Crippen molar-refractivity contribution in [2.24, 2.45) is 5.92 Å². The van der Waals surface area contributed by atoms with Crippen molar-refractivity contribution in [3.05, 3.63) is 52.4 Å². The summed E-state index contributed by atoms with van der Waals surface area (Å²) in [5.74, 6) is -0.399. The van der Waals surface area contributed by atoms with Crippen molar-refractivity contribution in [3.8, 4) is 0 Å². The third-order valence-corrected chi connectivity index (χ3v) is 9.27. The van der Waals surface area contributed by atoms with Gasteiger partial charge in [-0.25, -0.2) is 8.42 Å². The number of hydrogen-bond acceptors (Lipinski definition) is 5. The second kappa shape index (κ2) is 10.3. The maximum absolute atomic E-state index is 13.0. The smallest absolute Gasteiger partial charge is 0.252 e. The lowest BCUT2D eigenvalue weighted by molar-refractivity contribution is -0.126. The van der Waals surface area contributed by atoms with E-state index in [2.05, 4.69) is 37.2 Å². The minimum Gasteiger partial charge on any atom is -0.352 e. The molecule has 1 unspecified atom stereocenters. The molecule has 8 heteroatoms. The molecule has 0 aliphatic carbocycles. The number of hydrogen-bond donors (Lipinski definition) is 1. The predicted molar refractivity (Wildman–Crippen MR) is 125 cm³/mol. The fraction of sp³-hybridized carbons (Fsp3) is 0.522. The third-order valence-electron chi connectivity index (χ3n) is 5.94. The highest BCUT2D eigenvalue weighted by Crippen LogP contribution is 2.28. The van der Waals surface area contributed by atoms with Crippen molar-refractivity contribution >= 4 is 27.3 Å². The third kappa shape index (κ3) is 5.94. The highest BCUT2D eigenvalue weighted by Gasteiger charge is 2.34. The molecule has 1 N–H and O–H groups in total. The van der Waals surface area contributed by atoms with Gasteiger partial charge in [0.1, 0.15) is 4.21 Å². The van der Waals surface area contributed by atoms with Gasteiger partial charge in [0.05, 0.1) is 5.92 Å². The molecule has 0 saturated carbocycles. The fourth-order valence-electron chi connectivity index (χ4n) is 3.71. The molecular weight excluding hydrogens is 430 g/mol. The van der Waals surface area contributed by atoms with Gasteiger partial charge in [0.25, 0.3) is 10.0 Å². The van der Waals surface area contributed by atoms with Crippen LogP contribution in [0.2, 0.25) is 0 Å². The molecule has 1 amide bonds. The molecule has 1 saturated heterocycles. The summed E-state index contributed by atoms with van der Waals surface area (Å²) in [5, 5.41) is 3.05. The van der Waals surface area contributed by atoms with Gasteiger partial charge in [0.15, 0.2) is 0 Å². The van der Waals surface area contributed by atoms with Crippen LogP contribution in [-0.4, -0.2) is 49.7 Å². The number of piperidine rings is 1. The zero-order valence-electron chi connectivity index (χ0n) is 18.8. The molecule has 3 rings (SSSR count). The summed E-state index contributed by atoms with van der Waals surface area (Å²) >= 11 is 1.28. The molecule has 2 aromatic rings. The van der Waals surface area contributed by atoms with E-state index in [0.717, 1.165) is 17.0 Å². The second-order valence-corrected chi connectivity index (χ2v) is 12.0. The summed E-state index contributed by atoms with van der Waals surface area (Å²) in [7, 11) is -1.45. The van der Waals surface area contributed by atoms with E-state index in [4.69, 9.17) is 0 Å². The molecule has 1 aromatic carbocycles. The monoisotopic (exact) mass is 463 g/mol. The number of nitrogens with zero attached hydrogens (tertiary/aromatic N) is 2. The summed E-state index contributed by atoms with van der Waals surface area (Å²) in [6.45, 7) is 8.19. The molecule has 1 aromatic heterocycles. The first kappa shape index (κ1) is 23.9. The van der Waals surface area contributed by atoms with Crippen LogP contribution in [-0.2, 0) is 27.9 Å². The van der Waals surface area contributed by atoms with E-state index in [9.17, 15) is 13.2 Å². The van der Waals surface area contributed by atoms with Crippen molar-refractivity contribution in [3.63, 3.8) is 0 Å². The first-order valence-corrected chi connectivity index (χ1v) is 13.1. The molecule has 1 aliphatic rings. The van der Waals surface area contributed by atoms with Crippen molar-refractivity contribution in [1.82, 2.24) is 14.5 Å². The van der Waals surface area contributed by atoms with Crippen LogP contribution in [0, 0.1) is 12.8 Å². The van der Waals surface area contributed by atoms with Crippen molar-refractivity contribution in [2.45, 2.75) is 57.0 Å². The highest BCUT2D eigenvalue weighted by atomic mass is 32.2. The fourth-order valence-corrected chi connectivity index (χ4v) is 6.68. The van der Waals surface area contributed by atoms with E-state index in [1.807, 2.05) is 31.2 Å². The lowest BCUT2D eigenvalue weighted by Crippen LogP contribution is -2.45. The Bertz CT molecular complexity index is 1000. The number of carbonyl (C=O) groups is 1. The lowest BCUT2D eigenvalue weighted by Gasteiger charge is -2.31. The number of carbonyl (C=O) groups excluding carboxylic acids is 1. The molecule has 170 valence electrons. The Morgan fingerprint density at radius 3 is 2.58 bits per heavy atom. The maximum atomic E-state index is 13.0. The number of thiophene rings is 1. The number of nitrogens with one attached hydrogen (secondary N) is 1. The van der Waals surface area contributed by atoms with E-state index in [1.165, 1.54) is 21.2 Å². The molecule has 2 heterocycles. The Labute approximate surface area is 190 Å². The van der Waals surface area contributed by atoms with Gasteiger partial charge in [-0.2, -0.15) is 4.31 Å². The van der Waals surface area contributed by atoms with E-state index in [-0.39, 0.29) is 18.4 Å². The van der Waals surface area contributed by atoms with Crippen molar-refractivity contribution in [2.75, 3.05) is 20.1 Å². The van der Waals surface area contributed by atoms with Gasteiger partial charge in [-0.1, -0.05) is 24.3 Å². The van der Waals surface area contributed by atoms with Gasteiger partial charge in [0.2, 0.25) is 5.91 Å². The molecule has 0 radical (unpaired) electrons. The van der Waals surface area contributed by atoms with Crippen molar-refractivity contribution in [1.29, 1.82) is 0 Å². The normalized spacial score (nSPS) is 17.9. The minimum absolute atomic E-state index is 0.0747. The second-order valence-electron chi connectivity index (χ2n) is 8.56. The molecule has 0 spiro atoms. The molecule has 0 bridgehead atoms. The SMILES string of the molecule is Cc1ccc(S(=O)(=O)N2CCCC(C(=O)NCc3ccccc3CN(C)C(C)C)C2)s1. The highest BCUT2D eigenvalue weighted by molar-refractivity contribution is 7.91. The standard InChI is InChI=1S/C23H33N3O3S2/c1-17(2)25(4)15-20-9-6-5-8-19(20)14-24-23(27)21-10-7-13-26(16-21)31(28,29)22-12-11-18(3)30-22/h5-6,8-9,11-12,17,21H,7,10,13-16H2,1-4H3,(H,24,27). The minimum atomic E-state index is -3.54. The van der Waals surface area contributed by atoms with E-state index in [0.29, 0.717) is 36.2 Å². The molecule has 6 nitrogen and oxygen atoms in total. The van der Waals surface area contributed by atoms with Crippen LogP contribution in [0.5, 0.6) is 0 Å². The number of amides is 1. The molecular formula is C23H33N3O3S2. The average Bonchev–Trinajstić information content (AvgIpc) is 3.20. The average molecular weight is 464 g/mol. The first-order chi connectivity index (χ1) is 14.7. The van der Waals surface area contributed by atoms with Crippen LogP contribution in [0.1, 0.15) is 42.7 Å². The molecule has 1 aliphatic heterocycles. The van der Waals surface area contributed by atoms with Gasteiger partial charge < -0.3 is 5.32 Å². The van der Waals surface area contributed by atoms with E-state index in [1.54, 1.807) is 6.07 Å². The molecule has 1 fully saturated rings. The van der Waals surface area contributed by atoms with Gasteiger partial charge >= 0.3 is 0 Å². The Hall–Kier alpha value is -1.74. The number of benzene rings is 1. The van der Waals surface area contributed by atoms with Crippen LogP contribution in [0.3, 0.4) is 0 Å². The Morgan fingerprint density at radius 1 is 1.23 bits per heavy atom. The van der Waals surface area contributed by atoms with Crippen LogP contribution in [0.25, 0.3) is 0 Å². The molecule has 1 atom stereocenters. The number of aryl methyl sites for hydroxylation is 1.